The van der Waals surface area contributed by atoms with Crippen molar-refractivity contribution in [3.8, 4) is 5.75 Å². The zero-order valence-electron chi connectivity index (χ0n) is 12.2. The number of hydrogen-bond acceptors (Lipinski definition) is 5. The number of non-ortho nitro benzene ring substituents is 1. The summed E-state index contributed by atoms with van der Waals surface area (Å²) < 4.78 is 6.22. The fourth-order valence-corrected chi connectivity index (χ4v) is 2.20. The molecule has 0 radical (unpaired) electrons. The van der Waals surface area contributed by atoms with Crippen molar-refractivity contribution in [2.75, 3.05) is 11.9 Å². The molecule has 2 N–H and O–H groups in total. The van der Waals surface area contributed by atoms with E-state index in [1.807, 2.05) is 0 Å². The molecule has 0 aromatic heterocycles. The molecule has 0 aliphatic heterocycles. The van der Waals surface area contributed by atoms with E-state index in [2.05, 4.69) is 26.6 Å². The van der Waals surface area contributed by atoms with Crippen LogP contribution >= 0.6 is 28.1 Å². The lowest BCUT2D eigenvalue weighted by Gasteiger charge is -2.10. The van der Waals surface area contributed by atoms with Crippen LogP contribution in [0.25, 0.3) is 0 Å². The van der Waals surface area contributed by atoms with Gasteiger partial charge in [0, 0.05) is 22.3 Å². The largest absolute Gasteiger partial charge is 0.484 e. The topological polar surface area (TPSA) is 93.5 Å². The summed E-state index contributed by atoms with van der Waals surface area (Å²) in [4.78, 5) is 22.0. The van der Waals surface area contributed by atoms with Gasteiger partial charge >= 0.3 is 0 Å². The minimum atomic E-state index is -0.515. The first kappa shape index (κ1) is 17.8. The van der Waals surface area contributed by atoms with Crippen molar-refractivity contribution >= 4 is 50.5 Å². The number of amides is 1. The van der Waals surface area contributed by atoms with Gasteiger partial charge in [-0.2, -0.15) is 0 Å². The first-order chi connectivity index (χ1) is 11.4. The molecule has 24 heavy (non-hydrogen) atoms. The molecule has 0 unspecified atom stereocenters. The minimum absolute atomic E-state index is 0.0277. The zero-order valence-corrected chi connectivity index (χ0v) is 14.6. The molecule has 9 heteroatoms. The van der Waals surface area contributed by atoms with Gasteiger partial charge in [0.05, 0.1) is 4.92 Å². The highest BCUT2D eigenvalue weighted by Crippen LogP contribution is 2.17. The zero-order chi connectivity index (χ0) is 17.5. The summed E-state index contributed by atoms with van der Waals surface area (Å²) in [7, 11) is 0. The molecule has 2 rings (SSSR count). The molecule has 0 aliphatic carbocycles. The Hall–Kier alpha value is -2.52. The van der Waals surface area contributed by atoms with E-state index in [1.165, 1.54) is 18.2 Å². The van der Waals surface area contributed by atoms with Crippen LogP contribution in [0, 0.1) is 10.1 Å². The highest BCUT2D eigenvalue weighted by Gasteiger charge is 2.09. The van der Waals surface area contributed by atoms with Crippen molar-refractivity contribution in [3.05, 3.63) is 63.1 Å². The average molecular weight is 410 g/mol. The highest BCUT2D eigenvalue weighted by molar-refractivity contribution is 9.10. The van der Waals surface area contributed by atoms with Gasteiger partial charge in [0.25, 0.3) is 11.6 Å². The minimum Gasteiger partial charge on any atom is -0.484 e. The number of carbonyl (C=O) groups excluding carboxylic acids is 1. The molecule has 0 bridgehead atoms. The van der Waals surface area contributed by atoms with Crippen molar-refractivity contribution in [1.82, 2.24) is 5.32 Å². The molecule has 2 aromatic rings. The van der Waals surface area contributed by atoms with Crippen LogP contribution in [0.5, 0.6) is 5.75 Å². The number of nitro benzene ring substituents is 1. The van der Waals surface area contributed by atoms with Gasteiger partial charge in [-0.25, -0.2) is 0 Å². The molecule has 0 spiro atoms. The molecular weight excluding hydrogens is 398 g/mol. The SMILES string of the molecule is O=C(COc1ccc(Br)cc1)NC(=S)Nc1cccc([N+](=O)[O-])c1. The maximum atomic E-state index is 11.8. The molecule has 0 atom stereocenters. The Balaban J connectivity index is 1.83. The van der Waals surface area contributed by atoms with Crippen molar-refractivity contribution in [2.24, 2.45) is 0 Å². The van der Waals surface area contributed by atoms with E-state index in [9.17, 15) is 14.9 Å². The lowest BCUT2D eigenvalue weighted by Crippen LogP contribution is -2.37. The first-order valence-electron chi connectivity index (χ1n) is 6.68. The van der Waals surface area contributed by atoms with E-state index in [1.54, 1.807) is 30.3 Å². The smallest absolute Gasteiger partial charge is 0.271 e. The molecule has 0 saturated heterocycles. The lowest BCUT2D eigenvalue weighted by molar-refractivity contribution is -0.384. The van der Waals surface area contributed by atoms with Gasteiger partial charge in [-0.05, 0) is 42.5 Å². The molecular formula is C15H12BrN3O4S. The van der Waals surface area contributed by atoms with Crippen LogP contribution in [0.4, 0.5) is 11.4 Å². The Bertz CT molecular complexity index is 768. The number of benzene rings is 2. The fraction of sp³-hybridized carbons (Fsp3) is 0.0667. The molecule has 124 valence electrons. The predicted octanol–water partition coefficient (Wildman–Crippen LogP) is 3.25. The summed E-state index contributed by atoms with van der Waals surface area (Å²) in [5.74, 6) is 0.103. The number of carbonyl (C=O) groups is 1. The number of halogens is 1. The summed E-state index contributed by atoms with van der Waals surface area (Å²) in [5, 5.41) is 15.9. The molecule has 2 aromatic carbocycles. The van der Waals surface area contributed by atoms with Gasteiger partial charge in [0.2, 0.25) is 0 Å². The Labute approximate surface area is 151 Å². The van der Waals surface area contributed by atoms with Crippen LogP contribution < -0.4 is 15.4 Å². The van der Waals surface area contributed by atoms with Gasteiger partial charge < -0.3 is 10.1 Å². The van der Waals surface area contributed by atoms with Gasteiger partial charge in [0.1, 0.15) is 5.75 Å². The van der Waals surface area contributed by atoms with E-state index in [4.69, 9.17) is 17.0 Å². The molecule has 0 heterocycles. The number of thiocarbonyl (C=S) groups is 1. The average Bonchev–Trinajstić information content (AvgIpc) is 2.54. The van der Waals surface area contributed by atoms with Gasteiger partial charge in [-0.15, -0.1) is 0 Å². The molecule has 7 nitrogen and oxygen atoms in total. The Kier molecular flexibility index (Phi) is 6.21. The number of nitrogens with zero attached hydrogens (tertiary/aromatic N) is 1. The molecule has 0 saturated carbocycles. The second-order valence-electron chi connectivity index (χ2n) is 4.55. The standard InChI is InChI=1S/C15H12BrN3O4S/c16-10-4-6-13(7-5-10)23-9-14(20)18-15(24)17-11-2-1-3-12(8-11)19(21)22/h1-8H,9H2,(H2,17,18,20,24). The molecule has 1 amide bonds. The monoisotopic (exact) mass is 409 g/mol. The summed E-state index contributed by atoms with van der Waals surface area (Å²) in [6.45, 7) is -0.210. The first-order valence-corrected chi connectivity index (χ1v) is 7.88. The summed E-state index contributed by atoms with van der Waals surface area (Å²) in [6.07, 6.45) is 0. The van der Waals surface area contributed by atoms with Gasteiger partial charge in [0.15, 0.2) is 11.7 Å². The van der Waals surface area contributed by atoms with E-state index in [0.717, 1.165) is 4.47 Å². The van der Waals surface area contributed by atoms with E-state index in [0.29, 0.717) is 11.4 Å². The number of anilines is 1. The normalized spacial score (nSPS) is 9.88. The van der Waals surface area contributed by atoms with Crippen LogP contribution in [-0.4, -0.2) is 22.5 Å². The highest BCUT2D eigenvalue weighted by atomic mass is 79.9. The summed E-state index contributed by atoms with van der Waals surface area (Å²) in [5.41, 5.74) is 0.330. The van der Waals surface area contributed by atoms with Gasteiger partial charge in [-0.3, -0.25) is 20.2 Å². The van der Waals surface area contributed by atoms with Crippen LogP contribution in [0.15, 0.2) is 53.0 Å². The van der Waals surface area contributed by atoms with Crippen LogP contribution in [0.1, 0.15) is 0 Å². The number of nitrogens with one attached hydrogen (secondary N) is 2. The lowest BCUT2D eigenvalue weighted by atomic mass is 10.3. The third-order valence-electron chi connectivity index (χ3n) is 2.75. The number of nitro groups is 1. The molecule has 0 aliphatic rings. The van der Waals surface area contributed by atoms with E-state index in [-0.39, 0.29) is 17.4 Å². The van der Waals surface area contributed by atoms with Crippen LogP contribution in [-0.2, 0) is 4.79 Å². The summed E-state index contributed by atoms with van der Waals surface area (Å²) in [6, 6.07) is 12.8. The van der Waals surface area contributed by atoms with Gasteiger partial charge in [-0.1, -0.05) is 22.0 Å². The Morgan fingerprint density at radius 1 is 1.25 bits per heavy atom. The molecule has 0 fully saturated rings. The van der Waals surface area contributed by atoms with Crippen molar-refractivity contribution < 1.29 is 14.5 Å². The van der Waals surface area contributed by atoms with Crippen molar-refractivity contribution in [1.29, 1.82) is 0 Å². The summed E-state index contributed by atoms with van der Waals surface area (Å²) >= 11 is 8.30. The number of rotatable bonds is 5. The van der Waals surface area contributed by atoms with E-state index < -0.39 is 10.8 Å². The predicted molar refractivity (Wildman–Crippen MR) is 97.1 cm³/mol. The Morgan fingerprint density at radius 3 is 2.62 bits per heavy atom. The van der Waals surface area contributed by atoms with E-state index >= 15 is 0 Å². The second-order valence-corrected chi connectivity index (χ2v) is 5.88. The second kappa shape index (κ2) is 8.37. The van der Waals surface area contributed by atoms with Crippen molar-refractivity contribution in [2.45, 2.75) is 0 Å². The third kappa shape index (κ3) is 5.60. The maximum absolute atomic E-state index is 11.8. The van der Waals surface area contributed by atoms with Crippen LogP contribution in [0.3, 0.4) is 0 Å². The Morgan fingerprint density at radius 2 is 1.96 bits per heavy atom. The number of hydrogen-bond donors (Lipinski definition) is 2. The number of ether oxygens (including phenoxy) is 1. The maximum Gasteiger partial charge on any atom is 0.271 e. The quantitative estimate of drug-likeness (QED) is 0.447. The third-order valence-corrected chi connectivity index (χ3v) is 3.48. The van der Waals surface area contributed by atoms with Crippen molar-refractivity contribution in [3.63, 3.8) is 0 Å². The fourth-order valence-electron chi connectivity index (χ4n) is 1.70. The van der Waals surface area contributed by atoms with Crippen LogP contribution in [0.2, 0.25) is 0 Å².